The van der Waals surface area contributed by atoms with Gasteiger partial charge in [0.2, 0.25) is 5.89 Å². The smallest absolute Gasteiger partial charge is 0.322 e. The first kappa shape index (κ1) is 16.5. The van der Waals surface area contributed by atoms with Crippen molar-refractivity contribution in [1.82, 2.24) is 10.2 Å². The Morgan fingerprint density at radius 3 is 2.72 bits per heavy atom. The lowest BCUT2D eigenvalue weighted by Crippen LogP contribution is -2.20. The summed E-state index contributed by atoms with van der Waals surface area (Å²) in [6.07, 6.45) is 0. The van der Waals surface area contributed by atoms with Gasteiger partial charge >= 0.3 is 6.01 Å². The van der Waals surface area contributed by atoms with E-state index in [2.05, 4.69) is 15.5 Å². The van der Waals surface area contributed by atoms with Crippen molar-refractivity contribution in [2.45, 2.75) is 0 Å². The summed E-state index contributed by atoms with van der Waals surface area (Å²) in [4.78, 5) is 11.9. The maximum absolute atomic E-state index is 11.9. The summed E-state index contributed by atoms with van der Waals surface area (Å²) in [6.45, 7) is -0.294. The number of amides is 1. The van der Waals surface area contributed by atoms with Crippen LogP contribution in [0, 0.1) is 11.3 Å². The lowest BCUT2D eigenvalue weighted by molar-refractivity contribution is -0.118. The fourth-order valence-electron chi connectivity index (χ4n) is 1.97. The molecule has 1 amide bonds. The van der Waals surface area contributed by atoms with Gasteiger partial charge in [-0.1, -0.05) is 28.8 Å². The van der Waals surface area contributed by atoms with Crippen molar-refractivity contribution in [2.75, 3.05) is 11.9 Å². The number of nitriles is 1. The summed E-state index contributed by atoms with van der Waals surface area (Å²) >= 11 is 5.82. The molecule has 0 aliphatic carbocycles. The molecule has 2 aromatic carbocycles. The van der Waals surface area contributed by atoms with Crippen LogP contribution in [0.1, 0.15) is 5.56 Å². The van der Waals surface area contributed by atoms with Gasteiger partial charge in [-0.25, -0.2) is 0 Å². The number of anilines is 1. The molecule has 0 fully saturated rings. The molecule has 1 aromatic heterocycles. The van der Waals surface area contributed by atoms with Crippen LogP contribution >= 0.6 is 11.6 Å². The number of benzene rings is 2. The van der Waals surface area contributed by atoms with Crippen LogP contribution < -0.4 is 10.1 Å². The third-order valence-electron chi connectivity index (χ3n) is 3.13. The number of hydrogen-bond acceptors (Lipinski definition) is 6. The van der Waals surface area contributed by atoms with E-state index in [1.165, 1.54) is 0 Å². The molecule has 0 bridgehead atoms. The minimum Gasteiger partial charge on any atom is -0.482 e. The fourth-order valence-corrected chi connectivity index (χ4v) is 2.09. The summed E-state index contributed by atoms with van der Waals surface area (Å²) in [6, 6.07) is 15.4. The number of carbonyl (C=O) groups excluding carboxylic acids is 1. The minimum absolute atomic E-state index is 0.0490. The largest absolute Gasteiger partial charge is 0.482 e. The molecule has 3 aromatic rings. The zero-order valence-corrected chi connectivity index (χ0v) is 13.5. The predicted molar refractivity (Wildman–Crippen MR) is 90.0 cm³/mol. The number of hydrogen-bond donors (Lipinski definition) is 1. The SMILES string of the molecule is N#Cc1ccccc1OCC(=O)Nc1nnc(-c2ccc(Cl)cc2)o1. The number of carbonyl (C=O) groups is 1. The molecule has 0 unspecified atom stereocenters. The monoisotopic (exact) mass is 354 g/mol. The summed E-state index contributed by atoms with van der Waals surface area (Å²) in [5.41, 5.74) is 1.02. The highest BCUT2D eigenvalue weighted by Crippen LogP contribution is 2.22. The van der Waals surface area contributed by atoms with Gasteiger partial charge in [-0.2, -0.15) is 5.26 Å². The quantitative estimate of drug-likeness (QED) is 0.754. The average Bonchev–Trinajstić information content (AvgIpc) is 3.09. The van der Waals surface area contributed by atoms with Crippen molar-refractivity contribution < 1.29 is 13.9 Å². The summed E-state index contributed by atoms with van der Waals surface area (Å²) in [7, 11) is 0. The number of nitrogens with zero attached hydrogens (tertiary/aromatic N) is 3. The highest BCUT2D eigenvalue weighted by atomic mass is 35.5. The van der Waals surface area contributed by atoms with Crippen LogP contribution in [0.2, 0.25) is 5.02 Å². The highest BCUT2D eigenvalue weighted by Gasteiger charge is 2.12. The van der Waals surface area contributed by atoms with Crippen molar-refractivity contribution in [2.24, 2.45) is 0 Å². The van der Waals surface area contributed by atoms with Crippen molar-refractivity contribution in [1.29, 1.82) is 5.26 Å². The number of halogens is 1. The van der Waals surface area contributed by atoms with Crippen molar-refractivity contribution in [3.05, 3.63) is 59.1 Å². The van der Waals surface area contributed by atoms with Gasteiger partial charge in [0.25, 0.3) is 5.91 Å². The Hall–Kier alpha value is -3.37. The summed E-state index contributed by atoms with van der Waals surface area (Å²) in [5, 5.41) is 19.6. The van der Waals surface area contributed by atoms with Crippen LogP contribution in [0.25, 0.3) is 11.5 Å². The van der Waals surface area contributed by atoms with Crippen LogP contribution in [0.15, 0.2) is 52.9 Å². The Labute approximate surface area is 147 Å². The van der Waals surface area contributed by atoms with E-state index in [4.69, 9.17) is 26.0 Å². The topological polar surface area (TPSA) is 101 Å². The molecule has 0 aliphatic rings. The molecule has 0 aliphatic heterocycles. The number of para-hydroxylation sites is 1. The van der Waals surface area contributed by atoms with Crippen LogP contribution in [-0.2, 0) is 4.79 Å². The zero-order valence-electron chi connectivity index (χ0n) is 12.8. The van der Waals surface area contributed by atoms with E-state index in [9.17, 15) is 4.79 Å². The van der Waals surface area contributed by atoms with E-state index in [1.54, 1.807) is 48.5 Å². The maximum atomic E-state index is 11.9. The Kier molecular flexibility index (Phi) is 4.92. The van der Waals surface area contributed by atoms with Gasteiger partial charge in [0.1, 0.15) is 11.8 Å². The minimum atomic E-state index is -0.487. The van der Waals surface area contributed by atoms with Gasteiger partial charge in [-0.05, 0) is 36.4 Å². The van der Waals surface area contributed by atoms with E-state index in [0.717, 1.165) is 0 Å². The first-order valence-electron chi connectivity index (χ1n) is 7.17. The number of rotatable bonds is 5. The molecule has 0 saturated carbocycles. The van der Waals surface area contributed by atoms with E-state index in [-0.39, 0.29) is 18.5 Å². The first-order valence-corrected chi connectivity index (χ1v) is 7.55. The molecule has 0 atom stereocenters. The van der Waals surface area contributed by atoms with Gasteiger partial charge in [0.15, 0.2) is 6.61 Å². The van der Waals surface area contributed by atoms with Crippen molar-refractivity contribution in [3.8, 4) is 23.3 Å². The van der Waals surface area contributed by atoms with Crippen LogP contribution in [0.3, 0.4) is 0 Å². The Morgan fingerprint density at radius 2 is 1.96 bits per heavy atom. The zero-order chi connectivity index (χ0) is 17.6. The van der Waals surface area contributed by atoms with Gasteiger partial charge in [0, 0.05) is 10.6 Å². The Bertz CT molecular complexity index is 932. The molecule has 1 heterocycles. The van der Waals surface area contributed by atoms with Crippen LogP contribution in [0.4, 0.5) is 6.01 Å². The predicted octanol–water partition coefficient (Wildman–Crippen LogP) is 3.28. The van der Waals surface area contributed by atoms with Crippen molar-refractivity contribution >= 4 is 23.5 Å². The van der Waals surface area contributed by atoms with Gasteiger partial charge in [-0.3, -0.25) is 10.1 Å². The van der Waals surface area contributed by atoms with Crippen molar-refractivity contribution in [3.63, 3.8) is 0 Å². The lowest BCUT2D eigenvalue weighted by atomic mass is 10.2. The number of aromatic nitrogens is 2. The molecule has 0 saturated heterocycles. The van der Waals surface area contributed by atoms with Crippen LogP contribution in [-0.4, -0.2) is 22.7 Å². The molecule has 0 spiro atoms. The molecule has 7 nitrogen and oxygen atoms in total. The van der Waals surface area contributed by atoms with Gasteiger partial charge in [-0.15, -0.1) is 5.10 Å². The third-order valence-corrected chi connectivity index (χ3v) is 3.38. The van der Waals surface area contributed by atoms with E-state index < -0.39 is 5.91 Å². The first-order chi connectivity index (χ1) is 12.2. The van der Waals surface area contributed by atoms with E-state index in [0.29, 0.717) is 21.9 Å². The Morgan fingerprint density at radius 1 is 1.20 bits per heavy atom. The molecule has 124 valence electrons. The maximum Gasteiger partial charge on any atom is 0.322 e. The molecule has 1 N–H and O–H groups in total. The molecule has 8 heteroatoms. The third kappa shape index (κ3) is 4.13. The van der Waals surface area contributed by atoms with Gasteiger partial charge < -0.3 is 9.15 Å². The van der Waals surface area contributed by atoms with Crippen LogP contribution in [0.5, 0.6) is 5.75 Å². The normalized spacial score (nSPS) is 10.1. The second-order valence-corrected chi connectivity index (χ2v) is 5.30. The standard InChI is InChI=1S/C17H11ClN4O3/c18-13-7-5-11(6-8-13)16-21-22-17(25-16)20-15(23)10-24-14-4-2-1-3-12(14)9-19/h1-8H,10H2,(H,20,22,23). The molecular weight excluding hydrogens is 344 g/mol. The number of ether oxygens (including phenoxy) is 1. The van der Waals surface area contributed by atoms with E-state index in [1.807, 2.05) is 6.07 Å². The highest BCUT2D eigenvalue weighted by molar-refractivity contribution is 6.30. The lowest BCUT2D eigenvalue weighted by Gasteiger charge is -2.06. The van der Waals surface area contributed by atoms with E-state index >= 15 is 0 Å². The second-order valence-electron chi connectivity index (χ2n) is 4.86. The molecule has 25 heavy (non-hydrogen) atoms. The Balaban J connectivity index is 1.60. The molecule has 3 rings (SSSR count). The van der Waals surface area contributed by atoms with Gasteiger partial charge in [0.05, 0.1) is 5.56 Å². The molecule has 0 radical (unpaired) electrons. The fraction of sp³-hybridized carbons (Fsp3) is 0.0588. The molecular formula is C17H11ClN4O3. The summed E-state index contributed by atoms with van der Waals surface area (Å²) in [5.74, 6) is 0.0919. The average molecular weight is 355 g/mol. The second kappa shape index (κ2) is 7.47. The number of nitrogens with one attached hydrogen (secondary N) is 1. The summed E-state index contributed by atoms with van der Waals surface area (Å²) < 4.78 is 10.7.